The van der Waals surface area contributed by atoms with Crippen molar-refractivity contribution in [2.24, 2.45) is 5.84 Å². The van der Waals surface area contributed by atoms with Crippen LogP contribution in [0.25, 0.3) is 0 Å². The van der Waals surface area contributed by atoms with Crippen molar-refractivity contribution in [1.29, 1.82) is 0 Å². The number of amides is 1. The lowest BCUT2D eigenvalue weighted by Crippen LogP contribution is -2.59. The van der Waals surface area contributed by atoms with Crippen LogP contribution in [0.3, 0.4) is 0 Å². The molecule has 0 unspecified atom stereocenters. The summed E-state index contributed by atoms with van der Waals surface area (Å²) in [7, 11) is 0. The van der Waals surface area contributed by atoms with Crippen LogP contribution < -0.4 is 16.9 Å². The molecule has 66 valence electrons. The highest BCUT2D eigenvalue weighted by molar-refractivity contribution is 5.65. The van der Waals surface area contributed by atoms with Crippen molar-refractivity contribution in [3.8, 4) is 0 Å². The van der Waals surface area contributed by atoms with E-state index in [2.05, 4.69) is 11.1 Å². The summed E-state index contributed by atoms with van der Waals surface area (Å²) in [6.45, 7) is 5.22. The van der Waals surface area contributed by atoms with E-state index >= 15 is 0 Å². The van der Waals surface area contributed by atoms with Gasteiger partial charge in [0.15, 0.2) is 0 Å². The zero-order valence-corrected chi connectivity index (χ0v) is 6.88. The van der Waals surface area contributed by atoms with E-state index in [4.69, 9.17) is 10.9 Å². The fourth-order valence-corrected chi connectivity index (χ4v) is 0.567. The van der Waals surface area contributed by atoms with Gasteiger partial charge >= 0.3 is 6.09 Å². The van der Waals surface area contributed by atoms with Crippen molar-refractivity contribution >= 4 is 6.09 Å². The number of carboxylic acid groups (broad SMARTS) is 1. The molecule has 0 aromatic heterocycles. The summed E-state index contributed by atoms with van der Waals surface area (Å²) in [6, 6.07) is 0. The van der Waals surface area contributed by atoms with Gasteiger partial charge in [-0.3, -0.25) is 5.84 Å². The molecule has 11 heavy (non-hydrogen) atoms. The van der Waals surface area contributed by atoms with Gasteiger partial charge in [0.05, 0.1) is 5.54 Å². The molecular formula is C5H14N4O2. The Morgan fingerprint density at radius 2 is 2.00 bits per heavy atom. The fourth-order valence-electron chi connectivity index (χ4n) is 0.567. The molecule has 0 fully saturated rings. The smallest absolute Gasteiger partial charge is 0.423 e. The molecule has 0 radical (unpaired) electrons. The molecule has 0 rings (SSSR count). The van der Waals surface area contributed by atoms with Crippen LogP contribution in [0.2, 0.25) is 0 Å². The predicted octanol–water partition coefficient (Wildman–Crippen LogP) is -0.352. The van der Waals surface area contributed by atoms with E-state index in [0.717, 1.165) is 5.01 Å². The molecule has 0 saturated carbocycles. The largest absolute Gasteiger partial charge is 0.464 e. The summed E-state index contributed by atoms with van der Waals surface area (Å²) < 4.78 is 0. The first-order chi connectivity index (χ1) is 4.89. The van der Waals surface area contributed by atoms with Crippen molar-refractivity contribution in [2.45, 2.75) is 26.3 Å². The minimum Gasteiger partial charge on any atom is -0.464 e. The number of rotatable bonds is 2. The van der Waals surface area contributed by atoms with Gasteiger partial charge in [0, 0.05) is 0 Å². The van der Waals surface area contributed by atoms with E-state index in [-0.39, 0.29) is 0 Å². The number of hydrogen-bond acceptors (Lipinski definition) is 4. The highest BCUT2D eigenvalue weighted by atomic mass is 16.4. The number of nitrogens with two attached hydrogens (primary N) is 1. The maximum absolute atomic E-state index is 10.5. The average Bonchev–Trinajstić information content (AvgIpc) is 1.79. The van der Waals surface area contributed by atoms with Gasteiger partial charge in [0.2, 0.25) is 0 Å². The molecule has 1 amide bonds. The molecule has 0 atom stereocenters. The fraction of sp³-hybridized carbons (Fsp3) is 0.800. The van der Waals surface area contributed by atoms with Gasteiger partial charge in [-0.1, -0.05) is 0 Å². The number of nitrogens with one attached hydrogen (secondary N) is 2. The van der Waals surface area contributed by atoms with E-state index in [1.165, 1.54) is 0 Å². The molecule has 0 aromatic carbocycles. The summed E-state index contributed by atoms with van der Waals surface area (Å²) in [5.74, 6) is 4.90. The van der Waals surface area contributed by atoms with E-state index in [1.807, 2.05) is 0 Å². The second kappa shape index (κ2) is 3.51. The minimum atomic E-state index is -1.09. The number of carbonyl (C=O) groups is 1. The van der Waals surface area contributed by atoms with Gasteiger partial charge in [-0.2, -0.15) is 11.1 Å². The van der Waals surface area contributed by atoms with E-state index in [0.29, 0.717) is 0 Å². The van der Waals surface area contributed by atoms with Crippen molar-refractivity contribution in [2.75, 3.05) is 0 Å². The normalized spacial score (nSPS) is 11.3. The van der Waals surface area contributed by atoms with Crippen LogP contribution in [-0.2, 0) is 0 Å². The molecule has 6 nitrogen and oxygen atoms in total. The molecule has 0 saturated heterocycles. The monoisotopic (exact) mass is 162 g/mol. The Morgan fingerprint density at radius 3 is 2.09 bits per heavy atom. The van der Waals surface area contributed by atoms with Crippen LogP contribution in [0, 0.1) is 0 Å². The molecule has 0 aromatic rings. The topological polar surface area (TPSA) is 90.6 Å². The third-order valence-corrected chi connectivity index (χ3v) is 1.04. The molecule has 0 aliphatic heterocycles. The van der Waals surface area contributed by atoms with Gasteiger partial charge in [0.25, 0.3) is 0 Å². The third kappa shape index (κ3) is 3.17. The van der Waals surface area contributed by atoms with Crippen molar-refractivity contribution < 1.29 is 9.90 Å². The zero-order chi connectivity index (χ0) is 9.07. The summed E-state index contributed by atoms with van der Waals surface area (Å²) in [5, 5.41) is 9.57. The standard InChI is InChI=1S/C5H14N4O2/c1-5(2,3)9(4(10)11)8-7-6/h7-8H,6H2,1-3H3,(H,10,11). The Labute approximate surface area is 65.3 Å². The molecule has 0 spiro atoms. The quantitative estimate of drug-likeness (QED) is 0.329. The van der Waals surface area contributed by atoms with Gasteiger partial charge in [-0.15, -0.1) is 0 Å². The Hall–Kier alpha value is -0.850. The Balaban J connectivity index is 4.22. The van der Waals surface area contributed by atoms with Crippen LogP contribution in [-0.4, -0.2) is 21.7 Å². The average molecular weight is 162 g/mol. The first-order valence-electron chi connectivity index (χ1n) is 3.14. The third-order valence-electron chi connectivity index (χ3n) is 1.04. The van der Waals surface area contributed by atoms with Crippen molar-refractivity contribution in [3.63, 3.8) is 0 Å². The SMILES string of the molecule is CC(C)(C)N(NNN)C(=O)O. The highest BCUT2D eigenvalue weighted by Gasteiger charge is 2.25. The summed E-state index contributed by atoms with van der Waals surface area (Å²) in [6.07, 6.45) is -1.09. The first-order valence-corrected chi connectivity index (χ1v) is 3.14. The van der Waals surface area contributed by atoms with Gasteiger partial charge < -0.3 is 5.11 Å². The lowest BCUT2D eigenvalue weighted by Gasteiger charge is -2.32. The molecule has 0 bridgehead atoms. The lowest BCUT2D eigenvalue weighted by molar-refractivity contribution is 0.0491. The van der Waals surface area contributed by atoms with E-state index in [9.17, 15) is 4.79 Å². The maximum Gasteiger partial charge on any atom is 0.423 e. The molecule has 5 N–H and O–H groups in total. The van der Waals surface area contributed by atoms with Crippen LogP contribution >= 0.6 is 0 Å². The minimum absolute atomic E-state index is 0.530. The molecular weight excluding hydrogens is 148 g/mol. The lowest BCUT2D eigenvalue weighted by atomic mass is 10.1. The second-order valence-electron chi connectivity index (χ2n) is 3.04. The number of nitrogens with zero attached hydrogens (tertiary/aromatic N) is 1. The molecule has 0 heterocycles. The molecule has 0 aliphatic carbocycles. The van der Waals surface area contributed by atoms with Crippen LogP contribution in [0.1, 0.15) is 20.8 Å². The Morgan fingerprint density at radius 1 is 1.55 bits per heavy atom. The van der Waals surface area contributed by atoms with Crippen molar-refractivity contribution in [3.05, 3.63) is 0 Å². The van der Waals surface area contributed by atoms with Crippen LogP contribution in [0.15, 0.2) is 0 Å². The number of hydrogen-bond donors (Lipinski definition) is 4. The second-order valence-corrected chi connectivity index (χ2v) is 3.04. The van der Waals surface area contributed by atoms with Gasteiger partial charge in [0.1, 0.15) is 0 Å². The van der Waals surface area contributed by atoms with Gasteiger partial charge in [-0.25, -0.2) is 9.80 Å². The predicted molar refractivity (Wildman–Crippen MR) is 40.1 cm³/mol. The zero-order valence-electron chi connectivity index (χ0n) is 6.88. The maximum atomic E-state index is 10.5. The molecule has 0 aliphatic rings. The van der Waals surface area contributed by atoms with E-state index < -0.39 is 11.6 Å². The summed E-state index contributed by atoms with van der Waals surface area (Å²) >= 11 is 0. The molecule has 6 heteroatoms. The van der Waals surface area contributed by atoms with E-state index in [1.54, 1.807) is 20.8 Å². The Kier molecular flexibility index (Phi) is 3.24. The van der Waals surface area contributed by atoms with Crippen molar-refractivity contribution in [1.82, 2.24) is 16.1 Å². The summed E-state index contributed by atoms with van der Waals surface area (Å²) in [5.41, 5.74) is 3.80. The van der Waals surface area contributed by atoms with Crippen LogP contribution in [0.4, 0.5) is 4.79 Å². The Bertz CT molecular complexity index is 142. The first kappa shape index (κ1) is 10.2. The highest BCUT2D eigenvalue weighted by Crippen LogP contribution is 2.08. The van der Waals surface area contributed by atoms with Crippen LogP contribution in [0.5, 0.6) is 0 Å². The van der Waals surface area contributed by atoms with Gasteiger partial charge in [-0.05, 0) is 20.8 Å². The summed E-state index contributed by atoms with van der Waals surface area (Å²) in [4.78, 5) is 10.5. The number of hydrazine groups is 3.